The van der Waals surface area contributed by atoms with E-state index in [1.807, 2.05) is 13.1 Å². The molecule has 0 spiro atoms. The van der Waals surface area contributed by atoms with Crippen LogP contribution in [0.5, 0.6) is 0 Å². The quantitative estimate of drug-likeness (QED) is 0.797. The minimum Gasteiger partial charge on any atom is -0.375 e. The van der Waals surface area contributed by atoms with Crippen LogP contribution in [-0.4, -0.2) is 12.1 Å². The molecule has 0 aromatic carbocycles. The van der Waals surface area contributed by atoms with Crippen molar-refractivity contribution in [3.05, 3.63) is 27.5 Å². The van der Waals surface area contributed by atoms with Crippen LogP contribution in [0.4, 0.5) is 0 Å². The molecule has 13 heavy (non-hydrogen) atoms. The third kappa shape index (κ3) is 2.09. The minimum atomic E-state index is 0.0619. The molecule has 0 amide bonds. The molecule has 72 valence electrons. The van der Waals surface area contributed by atoms with E-state index in [4.69, 9.17) is 4.74 Å². The van der Waals surface area contributed by atoms with Gasteiger partial charge in [-0.1, -0.05) is 0 Å². The molecule has 0 saturated carbocycles. The summed E-state index contributed by atoms with van der Waals surface area (Å²) in [6.45, 7) is 6.15. The largest absolute Gasteiger partial charge is 0.375 e. The maximum atomic E-state index is 5.23. The number of ether oxygens (including phenoxy) is 1. The van der Waals surface area contributed by atoms with Gasteiger partial charge in [-0.2, -0.15) is 0 Å². The molecule has 0 radical (unpaired) electrons. The van der Waals surface area contributed by atoms with Crippen molar-refractivity contribution in [1.29, 1.82) is 0 Å². The van der Waals surface area contributed by atoms with Crippen LogP contribution in [0.25, 0.3) is 0 Å². The molecule has 0 N–H and O–H groups in total. The first-order chi connectivity index (χ1) is 6.07. The van der Waals surface area contributed by atoms with Crippen molar-refractivity contribution >= 4 is 15.9 Å². The Hall–Kier alpha value is -0.410. The van der Waals surface area contributed by atoms with Crippen molar-refractivity contribution in [3.63, 3.8) is 0 Å². The van der Waals surface area contributed by atoms with Crippen LogP contribution >= 0.6 is 15.9 Å². The van der Waals surface area contributed by atoms with Gasteiger partial charge in [0.25, 0.3) is 0 Å². The molecule has 1 rings (SSSR count). The number of aromatic nitrogens is 1. The predicted molar refractivity (Wildman–Crippen MR) is 56.8 cm³/mol. The minimum absolute atomic E-state index is 0.0619. The SMILES string of the molecule is COC(C)c1ncc(Br)c(C)c1C. The van der Waals surface area contributed by atoms with Gasteiger partial charge >= 0.3 is 0 Å². The summed E-state index contributed by atoms with van der Waals surface area (Å²) in [5.41, 5.74) is 3.45. The van der Waals surface area contributed by atoms with Gasteiger partial charge in [-0.05, 0) is 47.8 Å². The van der Waals surface area contributed by atoms with E-state index in [1.54, 1.807) is 7.11 Å². The van der Waals surface area contributed by atoms with Crippen LogP contribution in [-0.2, 0) is 4.74 Å². The first kappa shape index (κ1) is 10.7. The van der Waals surface area contributed by atoms with E-state index in [2.05, 4.69) is 34.8 Å². The van der Waals surface area contributed by atoms with Gasteiger partial charge in [-0.25, -0.2) is 0 Å². The van der Waals surface area contributed by atoms with Crippen molar-refractivity contribution < 1.29 is 4.74 Å². The number of hydrogen-bond donors (Lipinski definition) is 0. The third-order valence-electron chi connectivity index (χ3n) is 2.36. The summed E-state index contributed by atoms with van der Waals surface area (Å²) in [6, 6.07) is 0. The molecule has 0 aliphatic heterocycles. The highest BCUT2D eigenvalue weighted by atomic mass is 79.9. The van der Waals surface area contributed by atoms with Crippen LogP contribution in [0.2, 0.25) is 0 Å². The molecule has 2 nitrogen and oxygen atoms in total. The molecule has 0 bridgehead atoms. The number of nitrogens with zero attached hydrogens (tertiary/aromatic N) is 1. The van der Waals surface area contributed by atoms with E-state index in [-0.39, 0.29) is 6.10 Å². The fraction of sp³-hybridized carbons (Fsp3) is 0.500. The lowest BCUT2D eigenvalue weighted by atomic mass is 10.1. The first-order valence-electron chi connectivity index (χ1n) is 4.22. The second-order valence-electron chi connectivity index (χ2n) is 3.12. The Kier molecular flexibility index (Phi) is 3.45. The average Bonchev–Trinajstić information content (AvgIpc) is 2.13. The number of pyridine rings is 1. The fourth-order valence-electron chi connectivity index (χ4n) is 1.21. The highest BCUT2D eigenvalue weighted by Gasteiger charge is 2.11. The zero-order valence-electron chi connectivity index (χ0n) is 8.39. The van der Waals surface area contributed by atoms with Gasteiger partial charge in [0.2, 0.25) is 0 Å². The Morgan fingerprint density at radius 2 is 2.00 bits per heavy atom. The van der Waals surface area contributed by atoms with Crippen molar-refractivity contribution in [2.24, 2.45) is 0 Å². The molecule has 1 aromatic heterocycles. The molecule has 1 atom stereocenters. The number of halogens is 1. The van der Waals surface area contributed by atoms with Crippen LogP contribution in [0.15, 0.2) is 10.7 Å². The summed E-state index contributed by atoms with van der Waals surface area (Å²) in [7, 11) is 1.70. The van der Waals surface area contributed by atoms with Gasteiger partial charge in [-0.15, -0.1) is 0 Å². The van der Waals surface area contributed by atoms with Gasteiger partial charge < -0.3 is 4.74 Å². The number of rotatable bonds is 2. The van der Waals surface area contributed by atoms with Gasteiger partial charge in [0.15, 0.2) is 0 Å². The van der Waals surface area contributed by atoms with E-state index >= 15 is 0 Å². The van der Waals surface area contributed by atoms with Crippen molar-refractivity contribution in [3.8, 4) is 0 Å². The van der Waals surface area contributed by atoms with Gasteiger partial charge in [0, 0.05) is 17.8 Å². The predicted octanol–water partition coefficient (Wildman–Crippen LogP) is 3.17. The van der Waals surface area contributed by atoms with E-state index in [0.717, 1.165) is 10.2 Å². The Labute approximate surface area is 87.5 Å². The summed E-state index contributed by atoms with van der Waals surface area (Å²) >= 11 is 3.45. The lowest BCUT2D eigenvalue weighted by Crippen LogP contribution is -2.03. The third-order valence-corrected chi connectivity index (χ3v) is 3.16. The standard InChI is InChI=1S/C10H14BrNO/c1-6-7(2)10(8(3)13-4)12-5-9(6)11/h5,8H,1-4H3. The molecule has 0 saturated heterocycles. The smallest absolute Gasteiger partial charge is 0.0965 e. The maximum Gasteiger partial charge on any atom is 0.0965 e. The molecule has 1 unspecified atom stereocenters. The maximum absolute atomic E-state index is 5.23. The molecule has 0 aliphatic carbocycles. The highest BCUT2D eigenvalue weighted by Crippen LogP contribution is 2.25. The molecule has 1 heterocycles. The van der Waals surface area contributed by atoms with Crippen molar-refractivity contribution in [2.45, 2.75) is 26.9 Å². The van der Waals surface area contributed by atoms with Crippen molar-refractivity contribution in [1.82, 2.24) is 4.98 Å². The Balaban J connectivity index is 3.18. The highest BCUT2D eigenvalue weighted by molar-refractivity contribution is 9.10. The van der Waals surface area contributed by atoms with Crippen LogP contribution in [0, 0.1) is 13.8 Å². The lowest BCUT2D eigenvalue weighted by molar-refractivity contribution is 0.115. The Morgan fingerprint density at radius 1 is 1.38 bits per heavy atom. The first-order valence-corrected chi connectivity index (χ1v) is 5.01. The zero-order valence-corrected chi connectivity index (χ0v) is 9.97. The van der Waals surface area contributed by atoms with Gasteiger partial charge in [0.05, 0.1) is 11.8 Å². The fourth-order valence-corrected chi connectivity index (χ4v) is 1.61. The van der Waals surface area contributed by atoms with Gasteiger partial charge in [-0.3, -0.25) is 4.98 Å². The van der Waals surface area contributed by atoms with Crippen LogP contribution < -0.4 is 0 Å². The second kappa shape index (κ2) is 4.20. The average molecular weight is 244 g/mol. The topological polar surface area (TPSA) is 22.1 Å². The number of methoxy groups -OCH3 is 1. The van der Waals surface area contributed by atoms with Gasteiger partial charge in [0.1, 0.15) is 0 Å². The second-order valence-corrected chi connectivity index (χ2v) is 3.97. The summed E-state index contributed by atoms with van der Waals surface area (Å²) in [5, 5.41) is 0. The van der Waals surface area contributed by atoms with Crippen LogP contribution in [0.3, 0.4) is 0 Å². The summed E-state index contributed by atoms with van der Waals surface area (Å²) < 4.78 is 6.29. The van der Waals surface area contributed by atoms with E-state index in [9.17, 15) is 0 Å². The monoisotopic (exact) mass is 243 g/mol. The molecular weight excluding hydrogens is 230 g/mol. The molecule has 0 fully saturated rings. The zero-order chi connectivity index (χ0) is 10.0. The summed E-state index contributed by atoms with van der Waals surface area (Å²) in [6.07, 6.45) is 1.89. The van der Waals surface area contributed by atoms with E-state index in [0.29, 0.717) is 0 Å². The Bertz CT molecular complexity index is 312. The number of hydrogen-bond acceptors (Lipinski definition) is 2. The molecule has 1 aromatic rings. The van der Waals surface area contributed by atoms with E-state index < -0.39 is 0 Å². The summed E-state index contributed by atoms with van der Waals surface area (Å²) in [4.78, 5) is 4.34. The lowest BCUT2D eigenvalue weighted by Gasteiger charge is -2.14. The molecule has 0 aliphatic rings. The Morgan fingerprint density at radius 3 is 2.54 bits per heavy atom. The van der Waals surface area contributed by atoms with Crippen molar-refractivity contribution in [2.75, 3.05) is 7.11 Å². The van der Waals surface area contributed by atoms with E-state index in [1.165, 1.54) is 11.1 Å². The summed E-state index contributed by atoms with van der Waals surface area (Å²) in [5.74, 6) is 0. The molecule has 3 heteroatoms. The normalized spacial score (nSPS) is 13.0. The molecular formula is C10H14BrNO. The van der Waals surface area contributed by atoms with Crippen LogP contribution in [0.1, 0.15) is 29.8 Å².